The van der Waals surface area contributed by atoms with Crippen LogP contribution in [0.2, 0.25) is 0 Å². The number of halogens is 2. The van der Waals surface area contributed by atoms with Crippen LogP contribution < -0.4 is 0 Å². The predicted molar refractivity (Wildman–Crippen MR) is 83.5 cm³/mol. The fraction of sp³-hybridized carbons (Fsp3) is 0.286. The van der Waals surface area contributed by atoms with Crippen LogP contribution in [0.15, 0.2) is 33.5 Å². The Bertz CT molecular complexity index is 681. The van der Waals surface area contributed by atoms with E-state index in [1.54, 1.807) is 0 Å². The first-order valence-electron chi connectivity index (χ1n) is 6.31. The van der Waals surface area contributed by atoms with E-state index < -0.39 is 0 Å². The van der Waals surface area contributed by atoms with Gasteiger partial charge in [0.2, 0.25) is 0 Å². The molecule has 0 N–H and O–H groups in total. The molecule has 2 heterocycles. The van der Waals surface area contributed by atoms with Crippen molar-refractivity contribution in [2.75, 3.05) is 6.54 Å². The highest BCUT2D eigenvalue weighted by molar-refractivity contribution is 9.10. The third-order valence-corrected chi connectivity index (χ3v) is 4.99. The van der Waals surface area contributed by atoms with E-state index in [1.807, 2.05) is 40.8 Å². The summed E-state index contributed by atoms with van der Waals surface area (Å²) in [6, 6.07) is 7.53. The number of carbonyl (C=O) groups excluding carboxylic acids is 1. The average molecular weight is 399 g/mol. The molecule has 104 valence electrons. The molecule has 4 nitrogen and oxygen atoms in total. The van der Waals surface area contributed by atoms with Gasteiger partial charge in [-0.25, -0.2) is 4.98 Å². The van der Waals surface area contributed by atoms with Crippen molar-refractivity contribution >= 4 is 37.8 Å². The first kappa shape index (κ1) is 13.8. The van der Waals surface area contributed by atoms with Gasteiger partial charge in [0.05, 0.1) is 23.5 Å². The maximum Gasteiger partial charge on any atom is 0.255 e. The molecule has 0 unspecified atom stereocenters. The quantitative estimate of drug-likeness (QED) is 0.740. The average Bonchev–Trinajstić information content (AvgIpc) is 2.74. The summed E-state index contributed by atoms with van der Waals surface area (Å²) < 4.78 is 3.65. The maximum absolute atomic E-state index is 12.6. The van der Waals surface area contributed by atoms with Gasteiger partial charge < -0.3 is 9.47 Å². The van der Waals surface area contributed by atoms with Crippen LogP contribution in [0.1, 0.15) is 21.7 Å². The Morgan fingerprint density at radius 2 is 2.05 bits per heavy atom. The van der Waals surface area contributed by atoms with Crippen LogP contribution in [0.4, 0.5) is 0 Å². The van der Waals surface area contributed by atoms with Crippen molar-refractivity contribution in [3.8, 4) is 0 Å². The first-order valence-corrected chi connectivity index (χ1v) is 7.90. The molecule has 0 radical (unpaired) electrons. The number of amides is 1. The van der Waals surface area contributed by atoms with Crippen LogP contribution in [0.3, 0.4) is 0 Å². The van der Waals surface area contributed by atoms with Crippen molar-refractivity contribution in [1.29, 1.82) is 0 Å². The standard InChI is InChI=1S/C14H13Br2N3O/c1-18-12-8-19(7-6-11(12)17-14(18)16)13(20)9-4-2-3-5-10(9)15/h2-5H,6-8H2,1H3. The molecular weight excluding hydrogens is 386 g/mol. The molecule has 0 saturated heterocycles. The molecule has 1 aliphatic rings. The van der Waals surface area contributed by atoms with E-state index in [0.717, 1.165) is 27.0 Å². The Kier molecular flexibility index (Phi) is 3.69. The van der Waals surface area contributed by atoms with E-state index >= 15 is 0 Å². The zero-order valence-electron chi connectivity index (χ0n) is 10.9. The zero-order valence-corrected chi connectivity index (χ0v) is 14.1. The number of rotatable bonds is 1. The van der Waals surface area contributed by atoms with E-state index in [4.69, 9.17) is 0 Å². The van der Waals surface area contributed by atoms with Gasteiger partial charge in [-0.05, 0) is 44.0 Å². The highest BCUT2D eigenvalue weighted by Gasteiger charge is 2.26. The first-order chi connectivity index (χ1) is 9.58. The van der Waals surface area contributed by atoms with E-state index in [1.165, 1.54) is 0 Å². The third-order valence-electron chi connectivity index (χ3n) is 3.59. The van der Waals surface area contributed by atoms with Crippen molar-refractivity contribution in [2.24, 2.45) is 7.05 Å². The minimum Gasteiger partial charge on any atom is -0.332 e. The lowest BCUT2D eigenvalue weighted by Crippen LogP contribution is -2.36. The molecule has 0 bridgehead atoms. The van der Waals surface area contributed by atoms with Crippen LogP contribution in [-0.2, 0) is 20.0 Å². The van der Waals surface area contributed by atoms with E-state index in [2.05, 4.69) is 36.8 Å². The van der Waals surface area contributed by atoms with Crippen LogP contribution in [0, 0.1) is 0 Å². The van der Waals surface area contributed by atoms with Gasteiger partial charge >= 0.3 is 0 Å². The Morgan fingerprint density at radius 3 is 2.80 bits per heavy atom. The number of carbonyl (C=O) groups is 1. The highest BCUT2D eigenvalue weighted by Crippen LogP contribution is 2.25. The van der Waals surface area contributed by atoms with Gasteiger partial charge in [-0.15, -0.1) is 0 Å². The minimum atomic E-state index is 0.0560. The summed E-state index contributed by atoms with van der Waals surface area (Å²) in [5.74, 6) is 0.0560. The lowest BCUT2D eigenvalue weighted by Gasteiger charge is -2.27. The number of hydrogen-bond acceptors (Lipinski definition) is 2. The second-order valence-electron chi connectivity index (χ2n) is 4.79. The van der Waals surface area contributed by atoms with Gasteiger partial charge in [0.15, 0.2) is 4.73 Å². The molecule has 1 aromatic heterocycles. The third kappa shape index (κ3) is 2.31. The normalized spacial score (nSPS) is 14.2. The van der Waals surface area contributed by atoms with Crippen LogP contribution in [-0.4, -0.2) is 26.9 Å². The summed E-state index contributed by atoms with van der Waals surface area (Å²) >= 11 is 6.87. The van der Waals surface area contributed by atoms with Crippen molar-refractivity contribution < 1.29 is 4.79 Å². The van der Waals surface area contributed by atoms with Gasteiger partial charge in [0, 0.05) is 24.5 Å². The molecule has 20 heavy (non-hydrogen) atoms. The zero-order chi connectivity index (χ0) is 14.3. The molecule has 1 amide bonds. The fourth-order valence-corrected chi connectivity index (χ4v) is 3.31. The molecule has 0 atom stereocenters. The number of imidazole rings is 1. The number of fused-ring (bicyclic) bond motifs is 1. The van der Waals surface area contributed by atoms with E-state index in [0.29, 0.717) is 18.7 Å². The summed E-state index contributed by atoms with van der Waals surface area (Å²) in [5.41, 5.74) is 2.89. The lowest BCUT2D eigenvalue weighted by molar-refractivity contribution is 0.0729. The predicted octanol–water partition coefficient (Wildman–Crippen LogP) is 3.14. The van der Waals surface area contributed by atoms with Crippen LogP contribution >= 0.6 is 31.9 Å². The van der Waals surface area contributed by atoms with E-state index in [-0.39, 0.29) is 5.91 Å². The molecule has 2 aromatic rings. The topological polar surface area (TPSA) is 38.1 Å². The number of hydrogen-bond donors (Lipinski definition) is 0. The minimum absolute atomic E-state index is 0.0560. The smallest absolute Gasteiger partial charge is 0.255 e. The number of aromatic nitrogens is 2. The molecule has 0 aliphatic carbocycles. The molecule has 3 rings (SSSR count). The summed E-state index contributed by atoms with van der Waals surface area (Å²) in [5, 5.41) is 0. The monoisotopic (exact) mass is 397 g/mol. The highest BCUT2D eigenvalue weighted by atomic mass is 79.9. The maximum atomic E-state index is 12.6. The Labute approximate surface area is 134 Å². The molecule has 0 fully saturated rings. The Balaban J connectivity index is 1.89. The van der Waals surface area contributed by atoms with Gasteiger partial charge in [0.1, 0.15) is 0 Å². The SMILES string of the molecule is Cn1c(Br)nc2c1CN(C(=O)c1ccccc1Br)CC2. The second kappa shape index (κ2) is 5.33. The molecule has 1 aliphatic heterocycles. The molecule has 0 saturated carbocycles. The Morgan fingerprint density at radius 1 is 1.30 bits per heavy atom. The van der Waals surface area contributed by atoms with Crippen molar-refractivity contribution in [3.05, 3.63) is 50.4 Å². The van der Waals surface area contributed by atoms with Crippen molar-refractivity contribution in [1.82, 2.24) is 14.5 Å². The summed E-state index contributed by atoms with van der Waals surface area (Å²) in [6.07, 6.45) is 0.797. The summed E-state index contributed by atoms with van der Waals surface area (Å²) in [6.45, 7) is 1.31. The Hall–Kier alpha value is -1.14. The second-order valence-corrected chi connectivity index (χ2v) is 6.35. The lowest BCUT2D eigenvalue weighted by atomic mass is 10.1. The number of nitrogens with zero attached hydrogens (tertiary/aromatic N) is 3. The van der Waals surface area contributed by atoms with Crippen LogP contribution in [0.5, 0.6) is 0 Å². The van der Waals surface area contributed by atoms with Crippen molar-refractivity contribution in [3.63, 3.8) is 0 Å². The van der Waals surface area contributed by atoms with E-state index in [9.17, 15) is 4.79 Å². The molecular formula is C14H13Br2N3O. The van der Waals surface area contributed by atoms with Gasteiger partial charge in [0.25, 0.3) is 5.91 Å². The fourth-order valence-electron chi connectivity index (χ4n) is 2.43. The molecule has 0 spiro atoms. The number of benzene rings is 1. The molecule has 6 heteroatoms. The van der Waals surface area contributed by atoms with Crippen molar-refractivity contribution in [2.45, 2.75) is 13.0 Å². The summed E-state index contributed by atoms with van der Waals surface area (Å²) in [7, 11) is 1.96. The molecule has 1 aromatic carbocycles. The van der Waals surface area contributed by atoms with Crippen LogP contribution in [0.25, 0.3) is 0 Å². The largest absolute Gasteiger partial charge is 0.332 e. The van der Waals surface area contributed by atoms with Gasteiger partial charge in [-0.3, -0.25) is 4.79 Å². The summed E-state index contributed by atoms with van der Waals surface area (Å²) in [4.78, 5) is 18.9. The van der Waals surface area contributed by atoms with Gasteiger partial charge in [-0.2, -0.15) is 0 Å². The van der Waals surface area contributed by atoms with Gasteiger partial charge in [-0.1, -0.05) is 12.1 Å².